The van der Waals surface area contributed by atoms with E-state index in [9.17, 15) is 4.79 Å². The third-order valence-electron chi connectivity index (χ3n) is 6.46. The zero-order chi connectivity index (χ0) is 20.7. The van der Waals surface area contributed by atoms with Crippen molar-refractivity contribution in [2.24, 2.45) is 16.8 Å². The third-order valence-corrected chi connectivity index (χ3v) is 6.46. The van der Waals surface area contributed by atoms with Crippen LogP contribution in [0.1, 0.15) is 44.9 Å². The molecule has 0 N–H and O–H groups in total. The van der Waals surface area contributed by atoms with E-state index in [0.29, 0.717) is 11.8 Å². The van der Waals surface area contributed by atoms with Crippen LogP contribution in [-0.4, -0.2) is 15.6 Å². The number of hydrogen-bond acceptors (Lipinski definition) is 3. The summed E-state index contributed by atoms with van der Waals surface area (Å²) in [5.41, 5.74) is 5.30. The van der Waals surface area contributed by atoms with Crippen molar-refractivity contribution in [2.45, 2.75) is 53.5 Å². The maximum absolute atomic E-state index is 13.4. The lowest BCUT2D eigenvalue weighted by atomic mass is 9.74. The van der Waals surface area contributed by atoms with Gasteiger partial charge in [0.25, 0.3) is 5.56 Å². The number of rotatable bonds is 3. The quantitative estimate of drug-likeness (QED) is 0.808. The molecular weight excluding hydrogens is 358 g/mol. The van der Waals surface area contributed by atoms with Crippen LogP contribution in [0.3, 0.4) is 0 Å². The second kappa shape index (κ2) is 7.58. The molecule has 2 aromatic heterocycles. The van der Waals surface area contributed by atoms with E-state index in [1.54, 1.807) is 10.8 Å². The first kappa shape index (κ1) is 19.6. The van der Waals surface area contributed by atoms with Crippen LogP contribution in [0.25, 0.3) is 11.3 Å². The highest BCUT2D eigenvalue weighted by molar-refractivity contribution is 5.47. The highest BCUT2D eigenvalue weighted by Crippen LogP contribution is 2.35. The predicted molar refractivity (Wildman–Crippen MR) is 118 cm³/mol. The second-order valence-electron chi connectivity index (χ2n) is 8.39. The average molecular weight is 388 g/mol. The van der Waals surface area contributed by atoms with Crippen molar-refractivity contribution in [3.63, 3.8) is 0 Å². The minimum atomic E-state index is 0.00393. The second-order valence-corrected chi connectivity index (χ2v) is 8.39. The third kappa shape index (κ3) is 3.31. The first-order chi connectivity index (χ1) is 13.9. The number of nitrogens with zero attached hydrogens (tertiary/aromatic N) is 3. The molecule has 3 unspecified atom stereocenters. The molecular formula is C25H29N3O. The molecule has 150 valence electrons. The molecule has 4 rings (SSSR count). The number of hydrogen-bond donors (Lipinski definition) is 0. The summed E-state index contributed by atoms with van der Waals surface area (Å²) in [5.74, 6) is 0.905. The van der Waals surface area contributed by atoms with Crippen molar-refractivity contribution in [3.05, 3.63) is 80.5 Å². The topological polar surface area (TPSA) is 47.2 Å². The maximum Gasteiger partial charge on any atom is 0.264 e. The van der Waals surface area contributed by atoms with Crippen molar-refractivity contribution in [2.75, 3.05) is 0 Å². The summed E-state index contributed by atoms with van der Waals surface area (Å²) in [5, 5.41) is 1.59. The molecule has 4 heteroatoms. The summed E-state index contributed by atoms with van der Waals surface area (Å²) >= 11 is 0. The lowest BCUT2D eigenvalue weighted by Crippen LogP contribution is -2.49. The Kier molecular flexibility index (Phi) is 5.12. The van der Waals surface area contributed by atoms with Gasteiger partial charge in [-0.1, -0.05) is 36.3 Å². The van der Waals surface area contributed by atoms with Gasteiger partial charge in [-0.15, -0.1) is 0 Å². The van der Waals surface area contributed by atoms with Crippen LogP contribution in [0.5, 0.6) is 0 Å². The monoisotopic (exact) mass is 387 g/mol. The Morgan fingerprint density at radius 1 is 1.17 bits per heavy atom. The van der Waals surface area contributed by atoms with E-state index in [-0.39, 0.29) is 11.6 Å². The molecule has 3 atom stereocenters. The van der Waals surface area contributed by atoms with E-state index in [2.05, 4.69) is 44.0 Å². The SMILES string of the molecule is CCC1C=CC=C(C)C1C1CC(C)=c2c(ccn(-c3c(C)ccnc3C)c2=O)=N1. The fourth-order valence-electron chi connectivity index (χ4n) is 5.01. The van der Waals surface area contributed by atoms with Gasteiger partial charge < -0.3 is 0 Å². The van der Waals surface area contributed by atoms with E-state index in [0.717, 1.165) is 45.9 Å². The van der Waals surface area contributed by atoms with Crippen LogP contribution in [-0.2, 0) is 0 Å². The molecule has 0 fully saturated rings. The molecule has 2 aromatic rings. The van der Waals surface area contributed by atoms with Crippen LogP contribution < -0.4 is 16.1 Å². The minimum absolute atomic E-state index is 0.00393. The average Bonchev–Trinajstić information content (AvgIpc) is 2.68. The molecule has 0 saturated carbocycles. The number of aryl methyl sites for hydroxylation is 2. The van der Waals surface area contributed by atoms with Crippen molar-refractivity contribution >= 4 is 5.57 Å². The molecule has 4 nitrogen and oxygen atoms in total. The van der Waals surface area contributed by atoms with Gasteiger partial charge in [-0.25, -0.2) is 0 Å². The van der Waals surface area contributed by atoms with Gasteiger partial charge in [0.2, 0.25) is 0 Å². The number of pyridine rings is 2. The fourth-order valence-corrected chi connectivity index (χ4v) is 5.01. The normalized spacial score (nSPS) is 23.4. The maximum atomic E-state index is 13.4. The molecule has 1 aliphatic carbocycles. The van der Waals surface area contributed by atoms with E-state index in [4.69, 9.17) is 4.99 Å². The Bertz CT molecular complexity index is 1180. The Balaban J connectivity index is 1.86. The highest BCUT2D eigenvalue weighted by Gasteiger charge is 2.31. The van der Waals surface area contributed by atoms with Crippen LogP contribution in [0.2, 0.25) is 0 Å². The van der Waals surface area contributed by atoms with Gasteiger partial charge in [0, 0.05) is 18.3 Å². The van der Waals surface area contributed by atoms with Gasteiger partial charge in [0.05, 0.1) is 28.0 Å². The van der Waals surface area contributed by atoms with Gasteiger partial charge in [-0.2, -0.15) is 0 Å². The first-order valence-electron chi connectivity index (χ1n) is 10.5. The van der Waals surface area contributed by atoms with Crippen LogP contribution >= 0.6 is 0 Å². The lowest BCUT2D eigenvalue weighted by Gasteiger charge is -2.33. The fraction of sp³-hybridized carbons (Fsp3) is 0.400. The molecule has 0 aromatic carbocycles. The van der Waals surface area contributed by atoms with Crippen LogP contribution in [0, 0.1) is 25.7 Å². The van der Waals surface area contributed by atoms with Crippen LogP contribution in [0.15, 0.2) is 58.1 Å². The molecule has 0 saturated heterocycles. The molecule has 0 radical (unpaired) electrons. The van der Waals surface area contributed by atoms with Crippen molar-refractivity contribution < 1.29 is 0 Å². The van der Waals surface area contributed by atoms with Gasteiger partial charge in [0.1, 0.15) is 0 Å². The van der Waals surface area contributed by atoms with Crippen molar-refractivity contribution in [1.82, 2.24) is 9.55 Å². The number of fused-ring (bicyclic) bond motifs is 1. The van der Waals surface area contributed by atoms with E-state index in [1.807, 2.05) is 32.2 Å². The Labute approximate surface area is 172 Å². The van der Waals surface area contributed by atoms with Gasteiger partial charge in [-0.05, 0) is 64.2 Å². The Morgan fingerprint density at radius 3 is 2.69 bits per heavy atom. The predicted octanol–water partition coefficient (Wildman–Crippen LogP) is 3.57. The summed E-state index contributed by atoms with van der Waals surface area (Å²) < 4.78 is 1.74. The molecule has 1 aliphatic heterocycles. The molecule has 0 spiro atoms. The molecule has 3 heterocycles. The zero-order valence-electron chi connectivity index (χ0n) is 17.9. The summed E-state index contributed by atoms with van der Waals surface area (Å²) in [6.07, 6.45) is 12.3. The summed E-state index contributed by atoms with van der Waals surface area (Å²) in [4.78, 5) is 22.9. The summed E-state index contributed by atoms with van der Waals surface area (Å²) in [7, 11) is 0. The summed E-state index contributed by atoms with van der Waals surface area (Å²) in [6.45, 7) is 10.5. The number of aromatic nitrogens is 2. The Morgan fingerprint density at radius 2 is 1.97 bits per heavy atom. The smallest absolute Gasteiger partial charge is 0.264 e. The van der Waals surface area contributed by atoms with Gasteiger partial charge >= 0.3 is 0 Å². The molecule has 0 amide bonds. The lowest BCUT2D eigenvalue weighted by molar-refractivity contribution is 0.360. The van der Waals surface area contributed by atoms with Gasteiger partial charge in [-0.3, -0.25) is 19.3 Å². The zero-order valence-corrected chi connectivity index (χ0v) is 17.9. The van der Waals surface area contributed by atoms with E-state index < -0.39 is 0 Å². The van der Waals surface area contributed by atoms with E-state index in [1.165, 1.54) is 5.57 Å². The largest absolute Gasteiger partial charge is 0.282 e. The minimum Gasteiger partial charge on any atom is -0.282 e. The summed E-state index contributed by atoms with van der Waals surface area (Å²) in [6, 6.07) is 4.13. The first-order valence-corrected chi connectivity index (χ1v) is 10.5. The molecule has 29 heavy (non-hydrogen) atoms. The Hall–Kier alpha value is -2.75. The standard InChI is InChI=1S/C25H29N3O/c1-6-19-9-7-8-15(2)22(19)21-14-17(4)23-20(27-21)11-13-28(25(23)29)24-16(3)10-12-26-18(24)5/h7-13,19,21-22H,6,14H2,1-5H3. The van der Waals surface area contributed by atoms with Crippen molar-refractivity contribution in [1.29, 1.82) is 0 Å². The molecule has 2 aliphatic rings. The molecule has 0 bridgehead atoms. The van der Waals surface area contributed by atoms with Crippen molar-refractivity contribution in [3.8, 4) is 5.69 Å². The highest BCUT2D eigenvalue weighted by atomic mass is 16.1. The van der Waals surface area contributed by atoms with Gasteiger partial charge in [0.15, 0.2) is 0 Å². The number of allylic oxidation sites excluding steroid dienone is 3. The van der Waals surface area contributed by atoms with E-state index >= 15 is 0 Å². The van der Waals surface area contributed by atoms with Crippen LogP contribution in [0.4, 0.5) is 0 Å².